The average Bonchev–Trinajstić information content (AvgIpc) is 3.97. The third kappa shape index (κ3) is 5.38. The summed E-state index contributed by atoms with van der Waals surface area (Å²) in [5, 5.41) is 4.59. The number of aromatic nitrogens is 5. The third-order valence-electron chi connectivity index (χ3n) is 11.4. The number of nitrogens with zero attached hydrogens (tertiary/aromatic N) is 5. The summed E-state index contributed by atoms with van der Waals surface area (Å²) in [4.78, 5) is 15.1. The number of benzene rings is 7. The average molecular weight is 756 g/mol. The molecule has 0 atom stereocenters. The lowest BCUT2D eigenvalue weighted by atomic mass is 10.00. The first-order chi connectivity index (χ1) is 29.2. The van der Waals surface area contributed by atoms with Gasteiger partial charge in [0, 0.05) is 50.1 Å². The highest BCUT2D eigenvalue weighted by Crippen LogP contribution is 2.44. The standard InChI is InChI=1S/C53H33N5O/c1-4-15-34(16-5-1)49-48-43-33-37(38-27-29-47-42(32-38)41-23-10-11-25-46(41)59-47)26-28-44(43)58(50(48)45-24-12-13-30-57(45)49)40-22-14-21-39(31-40)53-55-51(35-17-6-2-7-18-35)54-52(56-53)36-19-8-3-9-20-36/h1-33H. The van der Waals surface area contributed by atoms with Crippen LogP contribution in [0.5, 0.6) is 0 Å². The summed E-state index contributed by atoms with van der Waals surface area (Å²) in [6.45, 7) is 0. The van der Waals surface area contributed by atoms with Gasteiger partial charge in [0.05, 0.1) is 22.2 Å². The monoisotopic (exact) mass is 755 g/mol. The molecular formula is C53H33N5O. The van der Waals surface area contributed by atoms with E-state index in [1.54, 1.807) is 0 Å². The van der Waals surface area contributed by atoms with Gasteiger partial charge in [-0.25, -0.2) is 15.0 Å². The number of hydrogen-bond donors (Lipinski definition) is 0. The Kier molecular flexibility index (Phi) is 7.43. The third-order valence-corrected chi connectivity index (χ3v) is 11.4. The van der Waals surface area contributed by atoms with Crippen molar-refractivity contribution in [3.8, 4) is 62.2 Å². The predicted molar refractivity (Wildman–Crippen MR) is 240 cm³/mol. The van der Waals surface area contributed by atoms with Crippen molar-refractivity contribution >= 4 is 49.3 Å². The fourth-order valence-electron chi connectivity index (χ4n) is 8.68. The second-order valence-corrected chi connectivity index (χ2v) is 14.9. The molecule has 0 fully saturated rings. The largest absolute Gasteiger partial charge is 0.456 e. The zero-order valence-electron chi connectivity index (χ0n) is 31.7. The molecule has 0 unspecified atom stereocenters. The van der Waals surface area contributed by atoms with Gasteiger partial charge in [0.25, 0.3) is 0 Å². The number of rotatable bonds is 6. The fraction of sp³-hybridized carbons (Fsp3) is 0. The Hall–Kier alpha value is -8.09. The molecule has 0 aliphatic carbocycles. The topological polar surface area (TPSA) is 61.2 Å². The summed E-state index contributed by atoms with van der Waals surface area (Å²) < 4.78 is 10.9. The highest BCUT2D eigenvalue weighted by atomic mass is 16.3. The van der Waals surface area contributed by atoms with E-state index in [9.17, 15) is 0 Å². The van der Waals surface area contributed by atoms with Crippen molar-refractivity contribution in [1.29, 1.82) is 0 Å². The molecule has 12 rings (SSSR count). The van der Waals surface area contributed by atoms with Crippen LogP contribution in [0.3, 0.4) is 0 Å². The van der Waals surface area contributed by atoms with Gasteiger partial charge >= 0.3 is 0 Å². The Morgan fingerprint density at radius 1 is 0.373 bits per heavy atom. The molecule has 0 N–H and O–H groups in total. The zero-order valence-corrected chi connectivity index (χ0v) is 31.7. The van der Waals surface area contributed by atoms with Crippen LogP contribution in [0.25, 0.3) is 111 Å². The van der Waals surface area contributed by atoms with Crippen LogP contribution in [0.1, 0.15) is 0 Å². The molecule has 7 aromatic carbocycles. The van der Waals surface area contributed by atoms with Gasteiger partial charge in [0.1, 0.15) is 11.2 Å². The van der Waals surface area contributed by atoms with Crippen LogP contribution in [0, 0.1) is 0 Å². The van der Waals surface area contributed by atoms with E-state index in [0.717, 1.165) is 83.3 Å². The van der Waals surface area contributed by atoms with Gasteiger partial charge in [-0.1, -0.05) is 140 Å². The second-order valence-electron chi connectivity index (χ2n) is 14.9. The molecule has 0 radical (unpaired) electrons. The van der Waals surface area contributed by atoms with E-state index in [0.29, 0.717) is 17.5 Å². The van der Waals surface area contributed by atoms with Crippen molar-refractivity contribution in [3.05, 3.63) is 200 Å². The molecule has 0 amide bonds. The van der Waals surface area contributed by atoms with Crippen LogP contribution < -0.4 is 0 Å². The molecule has 0 spiro atoms. The zero-order chi connectivity index (χ0) is 38.9. The van der Waals surface area contributed by atoms with Gasteiger partial charge in [0.2, 0.25) is 0 Å². The summed E-state index contributed by atoms with van der Waals surface area (Å²) in [6.07, 6.45) is 2.17. The van der Waals surface area contributed by atoms with Crippen molar-refractivity contribution in [1.82, 2.24) is 23.9 Å². The summed E-state index contributed by atoms with van der Waals surface area (Å²) in [5.74, 6) is 1.88. The van der Waals surface area contributed by atoms with Crippen LogP contribution >= 0.6 is 0 Å². The molecule has 0 aliphatic rings. The summed E-state index contributed by atoms with van der Waals surface area (Å²) in [5.41, 5.74) is 13.5. The molecule has 6 nitrogen and oxygen atoms in total. The van der Waals surface area contributed by atoms with Gasteiger partial charge in [-0.2, -0.15) is 0 Å². The highest BCUT2D eigenvalue weighted by molar-refractivity contribution is 6.21. The summed E-state index contributed by atoms with van der Waals surface area (Å²) in [6, 6.07) is 67.6. The lowest BCUT2D eigenvalue weighted by Gasteiger charge is -2.12. The quantitative estimate of drug-likeness (QED) is 0.170. The van der Waals surface area contributed by atoms with Crippen LogP contribution in [-0.4, -0.2) is 23.9 Å². The van der Waals surface area contributed by atoms with Crippen molar-refractivity contribution in [2.24, 2.45) is 0 Å². The number of para-hydroxylation sites is 1. The molecule has 0 saturated carbocycles. The molecule has 5 aromatic heterocycles. The Morgan fingerprint density at radius 3 is 1.68 bits per heavy atom. The molecule has 6 heteroatoms. The van der Waals surface area contributed by atoms with E-state index >= 15 is 0 Å². The van der Waals surface area contributed by atoms with Gasteiger partial charge in [-0.3, -0.25) is 0 Å². The minimum absolute atomic E-state index is 0.614. The van der Waals surface area contributed by atoms with E-state index in [4.69, 9.17) is 19.4 Å². The normalized spacial score (nSPS) is 11.7. The number of pyridine rings is 1. The highest BCUT2D eigenvalue weighted by Gasteiger charge is 2.24. The number of fused-ring (bicyclic) bond motifs is 8. The Labute approximate surface area is 338 Å². The Balaban J connectivity index is 1.11. The molecule has 12 aromatic rings. The second kappa shape index (κ2) is 13.3. The predicted octanol–water partition coefficient (Wildman–Crippen LogP) is 13.5. The first-order valence-corrected chi connectivity index (χ1v) is 19.8. The molecule has 276 valence electrons. The number of furan rings is 1. The summed E-state index contributed by atoms with van der Waals surface area (Å²) in [7, 11) is 0. The maximum Gasteiger partial charge on any atom is 0.164 e. The van der Waals surface area contributed by atoms with E-state index in [1.807, 2.05) is 72.8 Å². The van der Waals surface area contributed by atoms with Gasteiger partial charge < -0.3 is 13.4 Å². The first kappa shape index (κ1) is 33.1. The van der Waals surface area contributed by atoms with Crippen LogP contribution in [-0.2, 0) is 0 Å². The molecule has 5 heterocycles. The Morgan fingerprint density at radius 2 is 0.949 bits per heavy atom. The van der Waals surface area contributed by atoms with E-state index in [2.05, 4.69) is 136 Å². The van der Waals surface area contributed by atoms with E-state index in [-0.39, 0.29) is 0 Å². The van der Waals surface area contributed by atoms with Crippen molar-refractivity contribution in [3.63, 3.8) is 0 Å². The first-order valence-electron chi connectivity index (χ1n) is 19.8. The SMILES string of the molecule is c1ccc(-c2nc(-c3ccccc3)nc(-c3cccc(-n4c5ccc(-c6ccc7oc8ccccc8c7c6)cc5c5c(-c6ccccc6)n6ccccc6c54)c3)n2)cc1. The molecule has 0 saturated heterocycles. The maximum absolute atomic E-state index is 6.20. The fourth-order valence-corrected chi connectivity index (χ4v) is 8.68. The lowest BCUT2D eigenvalue weighted by Crippen LogP contribution is -2.01. The number of hydrogen-bond acceptors (Lipinski definition) is 4. The van der Waals surface area contributed by atoms with Crippen LogP contribution in [0.15, 0.2) is 205 Å². The van der Waals surface area contributed by atoms with Gasteiger partial charge in [-0.15, -0.1) is 0 Å². The molecule has 0 aliphatic heterocycles. The smallest absolute Gasteiger partial charge is 0.164 e. The van der Waals surface area contributed by atoms with Crippen LogP contribution in [0.4, 0.5) is 0 Å². The molecular weight excluding hydrogens is 723 g/mol. The minimum Gasteiger partial charge on any atom is -0.456 e. The Bertz CT molecular complexity index is 3490. The van der Waals surface area contributed by atoms with E-state index in [1.165, 1.54) is 10.8 Å². The van der Waals surface area contributed by atoms with Crippen LogP contribution in [0.2, 0.25) is 0 Å². The van der Waals surface area contributed by atoms with Crippen molar-refractivity contribution in [2.75, 3.05) is 0 Å². The summed E-state index contributed by atoms with van der Waals surface area (Å²) >= 11 is 0. The lowest BCUT2D eigenvalue weighted by molar-refractivity contribution is 0.669. The molecule has 0 bridgehead atoms. The van der Waals surface area contributed by atoms with E-state index < -0.39 is 0 Å². The maximum atomic E-state index is 6.20. The van der Waals surface area contributed by atoms with Gasteiger partial charge in [-0.05, 0) is 71.3 Å². The van der Waals surface area contributed by atoms with Gasteiger partial charge in [0.15, 0.2) is 17.5 Å². The van der Waals surface area contributed by atoms with Crippen molar-refractivity contribution < 1.29 is 4.42 Å². The van der Waals surface area contributed by atoms with Crippen molar-refractivity contribution in [2.45, 2.75) is 0 Å². The molecule has 59 heavy (non-hydrogen) atoms. The minimum atomic E-state index is 0.614.